The van der Waals surface area contributed by atoms with Crippen LogP contribution in [0.2, 0.25) is 0 Å². The SMILES string of the molecule is Cc1ccc([N+](=O)[O-])cc1OCCC(N)=O. The molecule has 0 bridgehead atoms. The Hall–Kier alpha value is -2.11. The van der Waals surface area contributed by atoms with Gasteiger partial charge < -0.3 is 10.5 Å². The minimum absolute atomic E-state index is 0.0420. The predicted molar refractivity (Wildman–Crippen MR) is 57.1 cm³/mol. The minimum Gasteiger partial charge on any atom is -0.493 e. The van der Waals surface area contributed by atoms with Gasteiger partial charge in [0.2, 0.25) is 5.91 Å². The molecule has 1 aromatic carbocycles. The van der Waals surface area contributed by atoms with E-state index in [2.05, 4.69) is 0 Å². The standard InChI is InChI=1S/C10H12N2O4/c1-7-2-3-8(12(14)15)6-9(7)16-5-4-10(11)13/h2-3,6H,4-5H2,1H3,(H2,11,13). The molecule has 0 aliphatic heterocycles. The van der Waals surface area contributed by atoms with E-state index in [-0.39, 0.29) is 18.7 Å². The summed E-state index contributed by atoms with van der Waals surface area (Å²) in [6, 6.07) is 4.32. The average molecular weight is 224 g/mol. The number of benzene rings is 1. The summed E-state index contributed by atoms with van der Waals surface area (Å²) in [5.41, 5.74) is 5.68. The molecule has 0 saturated carbocycles. The van der Waals surface area contributed by atoms with E-state index in [1.54, 1.807) is 13.0 Å². The molecule has 1 rings (SSSR count). The number of aryl methyl sites for hydroxylation is 1. The molecule has 0 aliphatic rings. The van der Waals surface area contributed by atoms with Crippen LogP contribution in [0.4, 0.5) is 5.69 Å². The highest BCUT2D eigenvalue weighted by Crippen LogP contribution is 2.23. The van der Waals surface area contributed by atoms with Gasteiger partial charge in [0.05, 0.1) is 24.0 Å². The van der Waals surface area contributed by atoms with Gasteiger partial charge in [-0.15, -0.1) is 0 Å². The van der Waals surface area contributed by atoms with E-state index in [1.807, 2.05) is 0 Å². The zero-order valence-electron chi connectivity index (χ0n) is 8.80. The van der Waals surface area contributed by atoms with Crippen molar-refractivity contribution in [2.45, 2.75) is 13.3 Å². The van der Waals surface area contributed by atoms with Crippen molar-refractivity contribution >= 4 is 11.6 Å². The Morgan fingerprint density at radius 3 is 2.81 bits per heavy atom. The van der Waals surface area contributed by atoms with Gasteiger partial charge in [-0.25, -0.2) is 0 Å². The van der Waals surface area contributed by atoms with E-state index >= 15 is 0 Å². The highest BCUT2D eigenvalue weighted by Gasteiger charge is 2.09. The number of rotatable bonds is 5. The van der Waals surface area contributed by atoms with Gasteiger partial charge in [-0.2, -0.15) is 0 Å². The number of nitrogens with zero attached hydrogens (tertiary/aromatic N) is 1. The topological polar surface area (TPSA) is 95.5 Å². The first-order valence-corrected chi connectivity index (χ1v) is 4.67. The second-order valence-corrected chi connectivity index (χ2v) is 3.27. The number of non-ortho nitro benzene ring substituents is 1. The number of nitrogens with two attached hydrogens (primary N) is 1. The maximum Gasteiger partial charge on any atom is 0.273 e. The van der Waals surface area contributed by atoms with Crippen LogP contribution >= 0.6 is 0 Å². The largest absolute Gasteiger partial charge is 0.493 e. The molecule has 1 amide bonds. The highest BCUT2D eigenvalue weighted by molar-refractivity contribution is 5.73. The van der Waals surface area contributed by atoms with Crippen LogP contribution in [0.5, 0.6) is 5.75 Å². The van der Waals surface area contributed by atoms with Gasteiger partial charge in [0.15, 0.2) is 0 Å². The van der Waals surface area contributed by atoms with Crippen LogP contribution in [0.15, 0.2) is 18.2 Å². The molecule has 0 heterocycles. The zero-order valence-corrected chi connectivity index (χ0v) is 8.80. The quantitative estimate of drug-likeness (QED) is 0.599. The predicted octanol–water partition coefficient (Wildman–Crippen LogP) is 1.16. The van der Waals surface area contributed by atoms with Crippen molar-refractivity contribution in [3.8, 4) is 5.75 Å². The van der Waals surface area contributed by atoms with Crippen molar-refractivity contribution in [3.63, 3.8) is 0 Å². The zero-order chi connectivity index (χ0) is 12.1. The van der Waals surface area contributed by atoms with Crippen molar-refractivity contribution in [2.75, 3.05) is 6.61 Å². The fourth-order valence-corrected chi connectivity index (χ4v) is 1.12. The molecule has 2 N–H and O–H groups in total. The number of carbonyl (C=O) groups is 1. The molecule has 0 unspecified atom stereocenters. The molecule has 0 radical (unpaired) electrons. The Balaban J connectivity index is 2.74. The number of primary amides is 1. The molecule has 0 atom stereocenters. The Morgan fingerprint density at radius 2 is 2.25 bits per heavy atom. The molecule has 0 fully saturated rings. The van der Waals surface area contributed by atoms with E-state index in [9.17, 15) is 14.9 Å². The fourth-order valence-electron chi connectivity index (χ4n) is 1.12. The summed E-state index contributed by atoms with van der Waals surface area (Å²) in [6.45, 7) is 1.89. The van der Waals surface area contributed by atoms with Crippen molar-refractivity contribution in [2.24, 2.45) is 5.73 Å². The van der Waals surface area contributed by atoms with Crippen LogP contribution in [0.25, 0.3) is 0 Å². The molecule has 86 valence electrons. The summed E-state index contributed by atoms with van der Waals surface area (Å²) in [5, 5.41) is 10.5. The number of hydrogen-bond acceptors (Lipinski definition) is 4. The van der Waals surface area contributed by atoms with Crippen LogP contribution in [0.1, 0.15) is 12.0 Å². The smallest absolute Gasteiger partial charge is 0.273 e. The van der Waals surface area contributed by atoms with Gasteiger partial charge in [-0.3, -0.25) is 14.9 Å². The molecular formula is C10H12N2O4. The van der Waals surface area contributed by atoms with Crippen LogP contribution in [0, 0.1) is 17.0 Å². The van der Waals surface area contributed by atoms with Gasteiger partial charge in [0.1, 0.15) is 5.75 Å². The van der Waals surface area contributed by atoms with Gasteiger partial charge in [-0.05, 0) is 18.6 Å². The lowest BCUT2D eigenvalue weighted by molar-refractivity contribution is -0.384. The molecule has 0 aliphatic carbocycles. The maximum absolute atomic E-state index is 10.5. The number of nitro groups is 1. The second-order valence-electron chi connectivity index (χ2n) is 3.27. The van der Waals surface area contributed by atoms with Gasteiger partial charge in [0.25, 0.3) is 5.69 Å². The van der Waals surface area contributed by atoms with Gasteiger partial charge in [-0.1, -0.05) is 0 Å². The van der Waals surface area contributed by atoms with Crippen LogP contribution in [-0.2, 0) is 4.79 Å². The lowest BCUT2D eigenvalue weighted by Crippen LogP contribution is -2.14. The first-order valence-electron chi connectivity index (χ1n) is 4.67. The monoisotopic (exact) mass is 224 g/mol. The van der Waals surface area contributed by atoms with Crippen molar-refractivity contribution < 1.29 is 14.5 Å². The minimum atomic E-state index is -0.500. The Labute approximate surface area is 92.2 Å². The number of hydrogen-bond donors (Lipinski definition) is 1. The first kappa shape index (κ1) is 12.0. The summed E-state index contributed by atoms with van der Waals surface area (Å²) in [7, 11) is 0. The molecule has 6 heteroatoms. The van der Waals surface area contributed by atoms with E-state index in [0.717, 1.165) is 5.56 Å². The third kappa shape index (κ3) is 3.23. The number of ether oxygens (including phenoxy) is 1. The summed E-state index contributed by atoms with van der Waals surface area (Å²) >= 11 is 0. The van der Waals surface area contributed by atoms with Crippen molar-refractivity contribution in [1.29, 1.82) is 0 Å². The second kappa shape index (κ2) is 5.11. The van der Waals surface area contributed by atoms with Gasteiger partial charge >= 0.3 is 0 Å². The van der Waals surface area contributed by atoms with Crippen molar-refractivity contribution in [1.82, 2.24) is 0 Å². The maximum atomic E-state index is 10.5. The average Bonchev–Trinajstić information content (AvgIpc) is 2.20. The molecule has 0 spiro atoms. The van der Waals surface area contributed by atoms with Crippen LogP contribution < -0.4 is 10.5 Å². The summed E-state index contributed by atoms with van der Waals surface area (Å²) in [4.78, 5) is 20.5. The fraction of sp³-hybridized carbons (Fsp3) is 0.300. The summed E-state index contributed by atoms with van der Waals surface area (Å²) < 4.78 is 5.23. The lowest BCUT2D eigenvalue weighted by atomic mass is 10.2. The van der Waals surface area contributed by atoms with E-state index in [4.69, 9.17) is 10.5 Å². The van der Waals surface area contributed by atoms with E-state index < -0.39 is 10.8 Å². The Morgan fingerprint density at radius 1 is 1.56 bits per heavy atom. The van der Waals surface area contributed by atoms with Crippen LogP contribution in [-0.4, -0.2) is 17.4 Å². The van der Waals surface area contributed by atoms with Crippen LogP contribution in [0.3, 0.4) is 0 Å². The van der Waals surface area contributed by atoms with Crippen molar-refractivity contribution in [3.05, 3.63) is 33.9 Å². The third-order valence-corrected chi connectivity index (χ3v) is 1.99. The first-order chi connectivity index (χ1) is 7.50. The third-order valence-electron chi connectivity index (χ3n) is 1.99. The number of nitro benzene ring substituents is 1. The Bertz CT molecular complexity index is 417. The Kier molecular flexibility index (Phi) is 3.82. The normalized spacial score (nSPS) is 9.81. The lowest BCUT2D eigenvalue weighted by Gasteiger charge is -2.07. The molecule has 16 heavy (non-hydrogen) atoms. The summed E-state index contributed by atoms with van der Waals surface area (Å²) in [5.74, 6) is -0.0708. The molecule has 6 nitrogen and oxygen atoms in total. The molecule has 1 aromatic rings. The molecule has 0 aromatic heterocycles. The summed E-state index contributed by atoms with van der Waals surface area (Å²) in [6.07, 6.45) is 0.0854. The van der Waals surface area contributed by atoms with E-state index in [0.29, 0.717) is 5.75 Å². The highest BCUT2D eigenvalue weighted by atomic mass is 16.6. The van der Waals surface area contributed by atoms with E-state index in [1.165, 1.54) is 12.1 Å². The molecule has 0 saturated heterocycles. The number of amides is 1. The van der Waals surface area contributed by atoms with Gasteiger partial charge in [0, 0.05) is 6.07 Å². The number of carbonyl (C=O) groups excluding carboxylic acids is 1. The molecular weight excluding hydrogens is 212 g/mol.